The molecule has 1 aromatic rings. The standard InChI is InChI=1S/C17H26N2O/c1-2-18-17-13-20-12-16(17)11-19-9-5-8-14-6-3-4-7-15(14)10-19/h3-4,6-7,16-18H,2,5,8-13H2,1H3. The first-order valence-corrected chi connectivity index (χ1v) is 7.97. The smallest absolute Gasteiger partial charge is 0.0623 e. The molecule has 0 spiro atoms. The monoisotopic (exact) mass is 274 g/mol. The van der Waals surface area contributed by atoms with E-state index in [1.165, 1.54) is 24.9 Å². The summed E-state index contributed by atoms with van der Waals surface area (Å²) in [6.07, 6.45) is 2.50. The molecular weight excluding hydrogens is 248 g/mol. The molecule has 1 aromatic carbocycles. The molecule has 2 heterocycles. The number of rotatable bonds is 4. The third kappa shape index (κ3) is 3.22. The zero-order chi connectivity index (χ0) is 13.8. The molecule has 2 unspecified atom stereocenters. The third-order valence-electron chi connectivity index (χ3n) is 4.59. The minimum absolute atomic E-state index is 0.540. The lowest BCUT2D eigenvalue weighted by Crippen LogP contribution is -2.41. The molecule has 110 valence electrons. The highest BCUT2D eigenvalue weighted by molar-refractivity contribution is 5.28. The van der Waals surface area contributed by atoms with Crippen LogP contribution in [-0.4, -0.2) is 43.8 Å². The number of ether oxygens (including phenoxy) is 1. The second-order valence-corrected chi connectivity index (χ2v) is 6.07. The number of hydrogen-bond donors (Lipinski definition) is 1. The van der Waals surface area contributed by atoms with Gasteiger partial charge in [-0.2, -0.15) is 0 Å². The Bertz CT molecular complexity index is 435. The summed E-state index contributed by atoms with van der Waals surface area (Å²) in [6.45, 7) is 8.48. The lowest BCUT2D eigenvalue weighted by Gasteiger charge is -2.27. The van der Waals surface area contributed by atoms with Gasteiger partial charge in [-0.1, -0.05) is 31.2 Å². The first-order chi connectivity index (χ1) is 9.86. The van der Waals surface area contributed by atoms with Gasteiger partial charge in [0, 0.05) is 25.0 Å². The molecule has 3 rings (SSSR count). The van der Waals surface area contributed by atoms with Crippen molar-refractivity contribution in [1.82, 2.24) is 10.2 Å². The van der Waals surface area contributed by atoms with Gasteiger partial charge in [0.25, 0.3) is 0 Å². The van der Waals surface area contributed by atoms with Gasteiger partial charge in [0.2, 0.25) is 0 Å². The number of likely N-dealkylation sites (N-methyl/N-ethyl adjacent to an activating group) is 1. The van der Waals surface area contributed by atoms with Gasteiger partial charge in [-0.05, 0) is 37.1 Å². The fraction of sp³-hybridized carbons (Fsp3) is 0.647. The Morgan fingerprint density at radius 1 is 1.25 bits per heavy atom. The summed E-state index contributed by atoms with van der Waals surface area (Å²) in [5, 5.41) is 3.57. The van der Waals surface area contributed by atoms with Gasteiger partial charge in [0.05, 0.1) is 13.2 Å². The third-order valence-corrected chi connectivity index (χ3v) is 4.59. The summed E-state index contributed by atoms with van der Waals surface area (Å²) in [7, 11) is 0. The molecule has 0 saturated carbocycles. The van der Waals surface area contributed by atoms with Crippen LogP contribution in [0.25, 0.3) is 0 Å². The van der Waals surface area contributed by atoms with Gasteiger partial charge in [-0.25, -0.2) is 0 Å². The van der Waals surface area contributed by atoms with Crippen molar-refractivity contribution in [2.24, 2.45) is 5.92 Å². The molecular formula is C17H26N2O. The summed E-state index contributed by atoms with van der Waals surface area (Å²) < 4.78 is 5.68. The van der Waals surface area contributed by atoms with Crippen molar-refractivity contribution in [3.63, 3.8) is 0 Å². The number of fused-ring (bicyclic) bond motifs is 1. The molecule has 1 saturated heterocycles. The molecule has 2 aliphatic rings. The average molecular weight is 274 g/mol. The summed E-state index contributed by atoms with van der Waals surface area (Å²) in [4.78, 5) is 2.62. The van der Waals surface area contributed by atoms with Crippen LogP contribution in [0.4, 0.5) is 0 Å². The highest BCUT2D eigenvalue weighted by Crippen LogP contribution is 2.21. The van der Waals surface area contributed by atoms with Crippen LogP contribution in [0.15, 0.2) is 24.3 Å². The molecule has 0 radical (unpaired) electrons. The SMILES string of the molecule is CCNC1COCC1CN1CCCc2ccccc2C1. The summed E-state index contributed by atoms with van der Waals surface area (Å²) in [6, 6.07) is 9.46. The van der Waals surface area contributed by atoms with Crippen molar-refractivity contribution in [2.75, 3.05) is 32.8 Å². The molecule has 0 bridgehead atoms. The Labute approximate surface area is 122 Å². The van der Waals surface area contributed by atoms with Crippen LogP contribution >= 0.6 is 0 Å². The van der Waals surface area contributed by atoms with Crippen LogP contribution in [0.3, 0.4) is 0 Å². The quantitative estimate of drug-likeness (QED) is 0.909. The van der Waals surface area contributed by atoms with Crippen molar-refractivity contribution in [2.45, 2.75) is 32.4 Å². The van der Waals surface area contributed by atoms with Gasteiger partial charge in [-0.15, -0.1) is 0 Å². The van der Waals surface area contributed by atoms with E-state index in [4.69, 9.17) is 4.74 Å². The molecule has 1 N–H and O–H groups in total. The minimum Gasteiger partial charge on any atom is -0.379 e. The highest BCUT2D eigenvalue weighted by atomic mass is 16.5. The van der Waals surface area contributed by atoms with Crippen LogP contribution in [0, 0.1) is 5.92 Å². The molecule has 0 aromatic heterocycles. The maximum absolute atomic E-state index is 5.68. The fourth-order valence-electron chi connectivity index (χ4n) is 3.52. The predicted octanol–water partition coefficient (Wildman–Crippen LogP) is 2.06. The van der Waals surface area contributed by atoms with Crippen molar-refractivity contribution in [3.8, 4) is 0 Å². The Morgan fingerprint density at radius 2 is 2.10 bits per heavy atom. The van der Waals surface area contributed by atoms with E-state index in [2.05, 4.69) is 41.4 Å². The summed E-state index contributed by atoms with van der Waals surface area (Å²) in [5.41, 5.74) is 3.06. The van der Waals surface area contributed by atoms with Crippen LogP contribution in [0.1, 0.15) is 24.5 Å². The zero-order valence-electron chi connectivity index (χ0n) is 12.5. The summed E-state index contributed by atoms with van der Waals surface area (Å²) in [5.74, 6) is 0.639. The van der Waals surface area contributed by atoms with Crippen LogP contribution in [0.5, 0.6) is 0 Å². The van der Waals surface area contributed by atoms with Crippen LogP contribution < -0.4 is 5.32 Å². The Morgan fingerprint density at radius 3 is 2.95 bits per heavy atom. The van der Waals surface area contributed by atoms with Gasteiger partial charge in [-0.3, -0.25) is 4.90 Å². The molecule has 1 fully saturated rings. The molecule has 3 nitrogen and oxygen atoms in total. The normalized spacial score (nSPS) is 27.2. The summed E-state index contributed by atoms with van der Waals surface area (Å²) >= 11 is 0. The molecule has 0 aliphatic carbocycles. The predicted molar refractivity (Wildman–Crippen MR) is 81.8 cm³/mol. The number of hydrogen-bond acceptors (Lipinski definition) is 3. The molecule has 20 heavy (non-hydrogen) atoms. The number of aryl methyl sites for hydroxylation is 1. The van der Waals surface area contributed by atoms with Gasteiger partial charge in [0.15, 0.2) is 0 Å². The first kappa shape index (κ1) is 14.1. The van der Waals surface area contributed by atoms with E-state index in [-0.39, 0.29) is 0 Å². The van der Waals surface area contributed by atoms with E-state index in [0.717, 1.165) is 32.8 Å². The lowest BCUT2D eigenvalue weighted by atomic mass is 10.0. The zero-order valence-corrected chi connectivity index (χ0v) is 12.5. The second-order valence-electron chi connectivity index (χ2n) is 6.07. The molecule has 3 heteroatoms. The number of nitrogens with zero attached hydrogens (tertiary/aromatic N) is 1. The average Bonchev–Trinajstić information content (AvgIpc) is 2.78. The highest BCUT2D eigenvalue weighted by Gasteiger charge is 2.29. The molecule has 2 aliphatic heterocycles. The molecule has 2 atom stereocenters. The maximum Gasteiger partial charge on any atom is 0.0623 e. The van der Waals surface area contributed by atoms with Gasteiger partial charge < -0.3 is 10.1 Å². The van der Waals surface area contributed by atoms with Gasteiger partial charge in [0.1, 0.15) is 0 Å². The Hall–Kier alpha value is -0.900. The van der Waals surface area contributed by atoms with E-state index in [1.807, 2.05) is 0 Å². The van der Waals surface area contributed by atoms with E-state index < -0.39 is 0 Å². The van der Waals surface area contributed by atoms with Crippen LogP contribution in [-0.2, 0) is 17.7 Å². The lowest BCUT2D eigenvalue weighted by molar-refractivity contribution is 0.165. The van der Waals surface area contributed by atoms with Crippen molar-refractivity contribution in [3.05, 3.63) is 35.4 Å². The Kier molecular flexibility index (Phi) is 4.71. The number of benzene rings is 1. The van der Waals surface area contributed by atoms with Crippen molar-refractivity contribution >= 4 is 0 Å². The maximum atomic E-state index is 5.68. The van der Waals surface area contributed by atoms with E-state index in [1.54, 1.807) is 5.56 Å². The van der Waals surface area contributed by atoms with Crippen molar-refractivity contribution in [1.29, 1.82) is 0 Å². The largest absolute Gasteiger partial charge is 0.379 e. The number of nitrogens with one attached hydrogen (secondary N) is 1. The van der Waals surface area contributed by atoms with E-state index in [9.17, 15) is 0 Å². The first-order valence-electron chi connectivity index (χ1n) is 7.97. The van der Waals surface area contributed by atoms with Crippen molar-refractivity contribution < 1.29 is 4.74 Å². The van der Waals surface area contributed by atoms with E-state index >= 15 is 0 Å². The van der Waals surface area contributed by atoms with E-state index in [0.29, 0.717) is 12.0 Å². The fourth-order valence-corrected chi connectivity index (χ4v) is 3.52. The minimum atomic E-state index is 0.540. The second kappa shape index (κ2) is 6.70. The van der Waals surface area contributed by atoms with Gasteiger partial charge >= 0.3 is 0 Å². The van der Waals surface area contributed by atoms with Crippen LogP contribution in [0.2, 0.25) is 0 Å². The Balaban J connectivity index is 1.63. The topological polar surface area (TPSA) is 24.5 Å². The molecule has 0 amide bonds.